The lowest BCUT2D eigenvalue weighted by Gasteiger charge is -2.16. The minimum atomic E-state index is -0.909. The molecule has 0 radical (unpaired) electrons. The van der Waals surface area contributed by atoms with E-state index in [1.807, 2.05) is 22.6 Å². The van der Waals surface area contributed by atoms with Gasteiger partial charge in [-0.25, -0.2) is 8.78 Å². The molecule has 0 fully saturated rings. The molecule has 2 amide bonds. The van der Waals surface area contributed by atoms with Gasteiger partial charge in [-0.3, -0.25) is 14.7 Å². The highest BCUT2D eigenvalue weighted by atomic mass is 127. The first kappa shape index (κ1) is 23.2. The van der Waals surface area contributed by atoms with Crippen LogP contribution in [0.4, 0.5) is 25.8 Å². The van der Waals surface area contributed by atoms with E-state index in [2.05, 4.69) is 20.8 Å². The maximum atomic E-state index is 14.4. The number of benzene rings is 3. The summed E-state index contributed by atoms with van der Waals surface area (Å²) in [6.07, 6.45) is 2.80. The smallest absolute Gasteiger partial charge is 0.258 e. The molecule has 11 heteroatoms. The molecule has 0 aliphatic rings. The van der Waals surface area contributed by atoms with Gasteiger partial charge in [0.15, 0.2) is 0 Å². The summed E-state index contributed by atoms with van der Waals surface area (Å²) in [5.41, 5.74) is 6.05. The van der Waals surface area contributed by atoms with Gasteiger partial charge >= 0.3 is 0 Å². The van der Waals surface area contributed by atoms with Crippen LogP contribution in [0.25, 0.3) is 0 Å². The molecule has 0 atom stereocenters. The molecule has 0 spiro atoms. The van der Waals surface area contributed by atoms with E-state index in [-0.39, 0.29) is 28.4 Å². The van der Waals surface area contributed by atoms with Gasteiger partial charge in [-0.05, 0) is 59.0 Å². The standard InChI is InChI=1S/C23H16F2IN5O3/c24-13-6-19(31-18-5-4-14(26)8-17(18)25)21(22(27)32)20(7-13)34-16-3-1-2-15(9-16)30-23(33)12-10-28-29-11-12/h1-11,31H,(H2,27,32)(H,28,29)(H,30,33). The normalized spacial score (nSPS) is 10.6. The van der Waals surface area contributed by atoms with Crippen molar-refractivity contribution >= 4 is 51.5 Å². The highest BCUT2D eigenvalue weighted by molar-refractivity contribution is 14.1. The zero-order chi connectivity index (χ0) is 24.2. The third-order valence-corrected chi connectivity index (χ3v) is 5.26. The van der Waals surface area contributed by atoms with E-state index in [1.54, 1.807) is 24.3 Å². The number of hydrogen-bond acceptors (Lipinski definition) is 5. The van der Waals surface area contributed by atoms with Crippen molar-refractivity contribution in [3.63, 3.8) is 0 Å². The van der Waals surface area contributed by atoms with E-state index in [1.165, 1.54) is 30.6 Å². The second-order valence-corrected chi connectivity index (χ2v) is 8.26. The van der Waals surface area contributed by atoms with E-state index in [0.29, 0.717) is 14.8 Å². The molecule has 8 nitrogen and oxygen atoms in total. The zero-order valence-electron chi connectivity index (χ0n) is 17.2. The third-order valence-electron chi connectivity index (χ3n) is 4.59. The van der Waals surface area contributed by atoms with Crippen molar-refractivity contribution < 1.29 is 23.1 Å². The summed E-state index contributed by atoms with van der Waals surface area (Å²) < 4.78 is 35.1. The molecule has 4 aromatic rings. The summed E-state index contributed by atoms with van der Waals surface area (Å²) in [4.78, 5) is 24.5. The predicted octanol–water partition coefficient (Wildman–Crippen LogP) is 5.18. The number of H-pyrrole nitrogens is 1. The number of halogens is 3. The summed E-state index contributed by atoms with van der Waals surface area (Å²) in [7, 11) is 0. The number of carbonyl (C=O) groups excluding carboxylic acids is 2. The molecule has 172 valence electrons. The molecule has 0 aliphatic heterocycles. The molecule has 0 unspecified atom stereocenters. The van der Waals surface area contributed by atoms with Gasteiger partial charge in [0.25, 0.3) is 11.8 Å². The summed E-state index contributed by atoms with van der Waals surface area (Å²) in [5.74, 6) is -2.62. The predicted molar refractivity (Wildman–Crippen MR) is 130 cm³/mol. The number of nitrogens with zero attached hydrogens (tertiary/aromatic N) is 1. The number of nitrogens with one attached hydrogen (secondary N) is 3. The Hall–Kier alpha value is -4.00. The van der Waals surface area contributed by atoms with Crippen LogP contribution in [0.15, 0.2) is 67.0 Å². The number of hydrogen-bond donors (Lipinski definition) is 4. The molecule has 0 bridgehead atoms. The van der Waals surface area contributed by atoms with Crippen LogP contribution < -0.4 is 21.1 Å². The van der Waals surface area contributed by atoms with Gasteiger partial charge in [-0.1, -0.05) is 6.07 Å². The van der Waals surface area contributed by atoms with Gasteiger partial charge in [-0.15, -0.1) is 0 Å². The van der Waals surface area contributed by atoms with Gasteiger partial charge in [0, 0.05) is 27.6 Å². The number of carbonyl (C=O) groups is 2. The third kappa shape index (κ3) is 5.31. The van der Waals surface area contributed by atoms with Gasteiger partial charge < -0.3 is 21.1 Å². The van der Waals surface area contributed by atoms with Crippen LogP contribution in [-0.2, 0) is 0 Å². The van der Waals surface area contributed by atoms with Crippen LogP contribution in [0.5, 0.6) is 11.5 Å². The first-order valence-electron chi connectivity index (χ1n) is 9.73. The minimum absolute atomic E-state index is 0.0309. The lowest BCUT2D eigenvalue weighted by molar-refractivity contribution is 0.0996. The molecule has 1 heterocycles. The number of primary amides is 1. The maximum Gasteiger partial charge on any atom is 0.258 e. The highest BCUT2D eigenvalue weighted by Crippen LogP contribution is 2.35. The Bertz CT molecular complexity index is 1380. The molecular weight excluding hydrogens is 559 g/mol. The van der Waals surface area contributed by atoms with Crippen molar-refractivity contribution in [2.24, 2.45) is 5.73 Å². The Morgan fingerprint density at radius 3 is 2.59 bits per heavy atom. The van der Waals surface area contributed by atoms with E-state index in [4.69, 9.17) is 10.5 Å². The number of rotatable bonds is 7. The minimum Gasteiger partial charge on any atom is -0.456 e. The van der Waals surface area contributed by atoms with Crippen molar-refractivity contribution in [1.29, 1.82) is 0 Å². The van der Waals surface area contributed by atoms with Gasteiger partial charge in [0.1, 0.15) is 28.7 Å². The maximum absolute atomic E-state index is 14.4. The molecule has 3 aromatic carbocycles. The van der Waals surface area contributed by atoms with E-state index in [9.17, 15) is 18.4 Å². The second-order valence-electron chi connectivity index (χ2n) is 7.01. The molecule has 0 saturated heterocycles. The fourth-order valence-corrected chi connectivity index (χ4v) is 3.55. The number of ether oxygens (including phenoxy) is 1. The fraction of sp³-hybridized carbons (Fsp3) is 0. The average Bonchev–Trinajstić information content (AvgIpc) is 3.31. The van der Waals surface area contributed by atoms with E-state index in [0.717, 1.165) is 12.1 Å². The van der Waals surface area contributed by atoms with Crippen molar-refractivity contribution in [2.45, 2.75) is 0 Å². The SMILES string of the molecule is NC(=O)c1c(Nc2ccc(I)cc2F)cc(F)cc1Oc1cccc(NC(=O)c2cn[nH]c2)c1. The molecule has 1 aromatic heterocycles. The Kier molecular flexibility index (Phi) is 6.72. The number of aromatic amines is 1. The van der Waals surface area contributed by atoms with Crippen molar-refractivity contribution in [1.82, 2.24) is 10.2 Å². The first-order valence-corrected chi connectivity index (χ1v) is 10.8. The number of anilines is 3. The van der Waals surface area contributed by atoms with Gasteiger partial charge in [-0.2, -0.15) is 5.10 Å². The molecule has 34 heavy (non-hydrogen) atoms. The number of amides is 2. The highest BCUT2D eigenvalue weighted by Gasteiger charge is 2.20. The summed E-state index contributed by atoms with van der Waals surface area (Å²) >= 11 is 1.95. The van der Waals surface area contributed by atoms with Crippen LogP contribution >= 0.6 is 22.6 Å². The van der Waals surface area contributed by atoms with Gasteiger partial charge in [0.2, 0.25) is 0 Å². The second kappa shape index (κ2) is 9.87. The Balaban J connectivity index is 1.64. The van der Waals surface area contributed by atoms with E-state index >= 15 is 0 Å². The molecule has 0 aliphatic carbocycles. The monoisotopic (exact) mass is 575 g/mol. The summed E-state index contributed by atoms with van der Waals surface area (Å²) in [5, 5.41) is 11.6. The zero-order valence-corrected chi connectivity index (χ0v) is 19.4. The fourth-order valence-electron chi connectivity index (χ4n) is 3.09. The number of aromatic nitrogens is 2. The molecule has 4 rings (SSSR count). The quantitative estimate of drug-likeness (QED) is 0.227. The molecule has 5 N–H and O–H groups in total. The largest absolute Gasteiger partial charge is 0.456 e. The van der Waals surface area contributed by atoms with Crippen LogP contribution in [0.3, 0.4) is 0 Å². The number of nitrogens with two attached hydrogens (primary N) is 1. The van der Waals surface area contributed by atoms with Crippen LogP contribution in [-0.4, -0.2) is 22.0 Å². The van der Waals surface area contributed by atoms with Crippen molar-refractivity contribution in [2.75, 3.05) is 10.6 Å². The van der Waals surface area contributed by atoms with Crippen molar-refractivity contribution in [3.05, 3.63) is 93.3 Å². The van der Waals surface area contributed by atoms with Crippen molar-refractivity contribution in [3.8, 4) is 11.5 Å². The topological polar surface area (TPSA) is 122 Å². The Morgan fingerprint density at radius 2 is 1.88 bits per heavy atom. The summed E-state index contributed by atoms with van der Waals surface area (Å²) in [6, 6.07) is 12.7. The molecular formula is C23H16F2IN5O3. The lowest BCUT2D eigenvalue weighted by atomic mass is 10.1. The van der Waals surface area contributed by atoms with Crippen LogP contribution in [0, 0.1) is 15.2 Å². The van der Waals surface area contributed by atoms with E-state index < -0.39 is 23.4 Å². The molecule has 0 saturated carbocycles. The Morgan fingerprint density at radius 1 is 1.06 bits per heavy atom. The summed E-state index contributed by atoms with van der Waals surface area (Å²) in [6.45, 7) is 0. The average molecular weight is 575 g/mol. The lowest BCUT2D eigenvalue weighted by Crippen LogP contribution is -2.15. The van der Waals surface area contributed by atoms with Crippen LogP contribution in [0.1, 0.15) is 20.7 Å². The van der Waals surface area contributed by atoms with Gasteiger partial charge in [0.05, 0.1) is 23.1 Å². The first-order chi connectivity index (χ1) is 16.3. The Labute approximate surface area is 205 Å². The van der Waals surface area contributed by atoms with Crippen LogP contribution in [0.2, 0.25) is 0 Å².